The number of hydrogen-bond donors (Lipinski definition) is 0. The van der Waals surface area contributed by atoms with Gasteiger partial charge in [0.15, 0.2) is 11.4 Å². The van der Waals surface area contributed by atoms with Crippen molar-refractivity contribution < 1.29 is 9.53 Å². The van der Waals surface area contributed by atoms with Crippen LogP contribution in [0.4, 0.5) is 10.5 Å². The average Bonchev–Trinajstić information content (AvgIpc) is 3.11. The van der Waals surface area contributed by atoms with Gasteiger partial charge in [0, 0.05) is 5.69 Å². The second-order valence-electron chi connectivity index (χ2n) is 4.77. The molecule has 2 aromatic rings. The summed E-state index contributed by atoms with van der Waals surface area (Å²) in [7, 11) is 0. The molecule has 1 amide bonds. The van der Waals surface area contributed by atoms with E-state index in [1.807, 2.05) is 42.5 Å². The molecule has 1 aliphatic rings. The summed E-state index contributed by atoms with van der Waals surface area (Å²) in [5.41, 5.74) is 1.02. The first-order valence-electron chi connectivity index (χ1n) is 6.61. The van der Waals surface area contributed by atoms with Crippen molar-refractivity contribution in [2.45, 2.75) is 12.6 Å². The number of anilines is 1. The van der Waals surface area contributed by atoms with Gasteiger partial charge in [-0.05, 0) is 12.1 Å². The first-order valence-corrected chi connectivity index (χ1v) is 6.61. The molecule has 2 heterocycles. The van der Waals surface area contributed by atoms with Crippen molar-refractivity contribution in [2.75, 3.05) is 11.4 Å². The van der Waals surface area contributed by atoms with Gasteiger partial charge in [0.25, 0.3) is 0 Å². The Labute approximate surface area is 126 Å². The highest BCUT2D eigenvalue weighted by Gasteiger charge is 2.33. The number of benzene rings is 1. The Morgan fingerprint density at radius 3 is 2.73 bits per heavy atom. The summed E-state index contributed by atoms with van der Waals surface area (Å²) in [5.74, 6) is 0. The fourth-order valence-corrected chi connectivity index (χ4v) is 2.37. The van der Waals surface area contributed by atoms with Crippen LogP contribution in [0.25, 0.3) is 0 Å². The molecule has 0 aliphatic carbocycles. The minimum absolute atomic E-state index is 0.0757. The highest BCUT2D eigenvalue weighted by molar-refractivity contribution is 5.89. The van der Waals surface area contributed by atoms with Crippen LogP contribution < -0.4 is 4.90 Å². The lowest BCUT2D eigenvalue weighted by Gasteiger charge is -2.12. The van der Waals surface area contributed by atoms with Crippen LogP contribution in [-0.4, -0.2) is 28.3 Å². The zero-order valence-electron chi connectivity index (χ0n) is 11.5. The number of rotatable bonds is 3. The van der Waals surface area contributed by atoms with E-state index >= 15 is 0 Å². The molecule has 108 valence electrons. The van der Waals surface area contributed by atoms with E-state index in [-0.39, 0.29) is 17.9 Å². The number of amides is 1. The molecule has 0 unspecified atom stereocenters. The maximum Gasteiger partial charge on any atom is 0.414 e. The molecule has 0 N–H and O–H groups in total. The summed E-state index contributed by atoms with van der Waals surface area (Å²) < 4.78 is 6.85. The van der Waals surface area contributed by atoms with Crippen molar-refractivity contribution in [3.05, 3.63) is 48.0 Å². The second kappa shape index (κ2) is 5.58. The van der Waals surface area contributed by atoms with Crippen LogP contribution in [-0.2, 0) is 11.3 Å². The lowest BCUT2D eigenvalue weighted by molar-refractivity contribution is 0.131. The number of aromatic nitrogens is 2. The normalized spacial score (nSPS) is 16.9. The van der Waals surface area contributed by atoms with Crippen molar-refractivity contribution in [3.8, 4) is 12.1 Å². The lowest BCUT2D eigenvalue weighted by Crippen LogP contribution is -2.25. The molecule has 1 aliphatic heterocycles. The molecule has 1 saturated heterocycles. The third kappa shape index (κ3) is 2.36. The molecular formula is C15H11N5O2. The van der Waals surface area contributed by atoms with E-state index in [0.29, 0.717) is 6.54 Å². The van der Waals surface area contributed by atoms with Crippen LogP contribution in [0.1, 0.15) is 11.4 Å². The molecule has 0 saturated carbocycles. The maximum atomic E-state index is 12.0. The van der Waals surface area contributed by atoms with Crippen LogP contribution in [0.3, 0.4) is 0 Å². The van der Waals surface area contributed by atoms with Gasteiger partial charge in [-0.2, -0.15) is 10.5 Å². The summed E-state index contributed by atoms with van der Waals surface area (Å²) >= 11 is 0. The number of imidazole rings is 1. The van der Waals surface area contributed by atoms with Gasteiger partial charge >= 0.3 is 6.09 Å². The van der Waals surface area contributed by atoms with Crippen LogP contribution in [0, 0.1) is 22.7 Å². The monoisotopic (exact) mass is 293 g/mol. The maximum absolute atomic E-state index is 12.0. The van der Waals surface area contributed by atoms with E-state index in [1.165, 1.54) is 10.9 Å². The number of hydrogen-bond acceptors (Lipinski definition) is 5. The average molecular weight is 293 g/mol. The number of nitriles is 2. The molecule has 0 spiro atoms. The Morgan fingerprint density at radius 1 is 1.27 bits per heavy atom. The van der Waals surface area contributed by atoms with Crippen LogP contribution >= 0.6 is 0 Å². The zero-order valence-corrected chi connectivity index (χ0v) is 11.5. The number of para-hydroxylation sites is 1. The van der Waals surface area contributed by atoms with E-state index in [4.69, 9.17) is 15.3 Å². The fourth-order valence-electron chi connectivity index (χ4n) is 2.37. The van der Waals surface area contributed by atoms with Gasteiger partial charge in [0.05, 0.1) is 19.4 Å². The molecule has 0 radical (unpaired) electrons. The number of nitrogens with zero attached hydrogens (tertiary/aromatic N) is 5. The van der Waals surface area contributed by atoms with Gasteiger partial charge in [-0.1, -0.05) is 18.2 Å². The van der Waals surface area contributed by atoms with E-state index in [1.54, 1.807) is 4.90 Å². The summed E-state index contributed by atoms with van der Waals surface area (Å²) in [6.45, 7) is 0.667. The predicted molar refractivity (Wildman–Crippen MR) is 75.7 cm³/mol. The number of ether oxygens (including phenoxy) is 1. The van der Waals surface area contributed by atoms with Gasteiger partial charge in [-0.15, -0.1) is 0 Å². The van der Waals surface area contributed by atoms with Crippen LogP contribution in [0.2, 0.25) is 0 Å². The third-order valence-corrected chi connectivity index (χ3v) is 3.39. The quantitative estimate of drug-likeness (QED) is 0.857. The smallest absolute Gasteiger partial charge is 0.414 e. The van der Waals surface area contributed by atoms with E-state index < -0.39 is 12.2 Å². The van der Waals surface area contributed by atoms with Crippen molar-refractivity contribution in [1.82, 2.24) is 9.55 Å². The second-order valence-corrected chi connectivity index (χ2v) is 4.77. The minimum Gasteiger partial charge on any atom is -0.442 e. The lowest BCUT2D eigenvalue weighted by atomic mass is 10.2. The number of carbonyl (C=O) groups is 1. The fraction of sp³-hybridized carbons (Fsp3) is 0.200. The predicted octanol–water partition coefficient (Wildman–Crippen LogP) is 1.65. The molecule has 1 fully saturated rings. The first kappa shape index (κ1) is 13.7. The Balaban J connectivity index is 1.76. The molecule has 22 heavy (non-hydrogen) atoms. The van der Waals surface area contributed by atoms with Crippen LogP contribution in [0.15, 0.2) is 36.7 Å². The topological polar surface area (TPSA) is 94.9 Å². The van der Waals surface area contributed by atoms with Gasteiger partial charge in [0.2, 0.25) is 0 Å². The summed E-state index contributed by atoms with van der Waals surface area (Å²) in [4.78, 5) is 17.4. The summed E-state index contributed by atoms with van der Waals surface area (Å²) in [5, 5.41) is 18.0. The molecule has 3 rings (SSSR count). The van der Waals surface area contributed by atoms with Crippen molar-refractivity contribution >= 4 is 11.8 Å². The molecule has 1 atom stereocenters. The van der Waals surface area contributed by atoms with E-state index in [0.717, 1.165) is 5.69 Å². The Hall–Kier alpha value is -3.32. The van der Waals surface area contributed by atoms with Gasteiger partial charge in [-0.3, -0.25) is 4.90 Å². The van der Waals surface area contributed by atoms with Crippen molar-refractivity contribution in [2.24, 2.45) is 0 Å². The van der Waals surface area contributed by atoms with E-state index in [2.05, 4.69) is 4.98 Å². The van der Waals surface area contributed by atoms with Crippen molar-refractivity contribution in [1.29, 1.82) is 10.5 Å². The Morgan fingerprint density at radius 2 is 2.05 bits per heavy atom. The molecule has 7 nitrogen and oxygen atoms in total. The minimum atomic E-state index is -0.421. The highest BCUT2D eigenvalue weighted by Crippen LogP contribution is 2.22. The summed E-state index contributed by atoms with van der Waals surface area (Å²) in [6.07, 6.45) is 0.590. The molecule has 0 bridgehead atoms. The third-order valence-electron chi connectivity index (χ3n) is 3.39. The zero-order chi connectivity index (χ0) is 15.5. The number of cyclic esters (lactones) is 1. The molecule has 7 heteroatoms. The Kier molecular flexibility index (Phi) is 3.47. The first-order chi connectivity index (χ1) is 10.7. The summed E-state index contributed by atoms with van der Waals surface area (Å²) in [6, 6.07) is 13.0. The SMILES string of the molecule is N#Cc1ncn(C[C@@H]2CN(c3ccccc3)C(=O)O2)c1C#N. The van der Waals surface area contributed by atoms with Crippen LogP contribution in [0.5, 0.6) is 0 Å². The van der Waals surface area contributed by atoms with E-state index in [9.17, 15) is 4.79 Å². The standard InChI is InChI=1S/C15H11N5O2/c16-6-13-14(7-17)19(10-18-13)8-12-9-20(15(21)22-12)11-4-2-1-3-5-11/h1-5,10,12H,8-9H2/t12-/m1/s1. The Bertz CT molecular complexity index is 784. The van der Waals surface area contributed by atoms with Gasteiger partial charge in [-0.25, -0.2) is 9.78 Å². The van der Waals surface area contributed by atoms with Gasteiger partial charge < -0.3 is 9.30 Å². The molecule has 1 aromatic heterocycles. The highest BCUT2D eigenvalue weighted by atomic mass is 16.6. The molecule has 1 aromatic carbocycles. The molecular weight excluding hydrogens is 282 g/mol. The number of carbonyl (C=O) groups excluding carboxylic acids is 1. The van der Waals surface area contributed by atoms with Gasteiger partial charge in [0.1, 0.15) is 18.2 Å². The van der Waals surface area contributed by atoms with Crippen molar-refractivity contribution in [3.63, 3.8) is 0 Å². The largest absolute Gasteiger partial charge is 0.442 e.